The average molecular weight is 312 g/mol. The van der Waals surface area contributed by atoms with Crippen molar-refractivity contribution >= 4 is 28.7 Å². The first-order chi connectivity index (χ1) is 11.0. The van der Waals surface area contributed by atoms with Gasteiger partial charge in [-0.1, -0.05) is 24.3 Å². The molecule has 0 saturated heterocycles. The lowest BCUT2D eigenvalue weighted by Crippen LogP contribution is -2.35. The van der Waals surface area contributed by atoms with Gasteiger partial charge in [-0.25, -0.2) is 4.98 Å². The van der Waals surface area contributed by atoms with Crippen LogP contribution in [0.25, 0.3) is 11.0 Å². The van der Waals surface area contributed by atoms with E-state index in [-0.39, 0.29) is 17.5 Å². The second-order valence-corrected chi connectivity index (χ2v) is 5.65. The monoisotopic (exact) mass is 312 g/mol. The maximum atomic E-state index is 13.0. The number of aromatic nitrogens is 2. The number of para-hydroxylation sites is 2. The predicted octanol–water partition coefficient (Wildman–Crippen LogP) is 2.55. The van der Waals surface area contributed by atoms with Crippen LogP contribution in [0.1, 0.15) is 35.2 Å². The molecule has 0 amide bonds. The van der Waals surface area contributed by atoms with Crippen LogP contribution < -0.4 is 0 Å². The molecule has 1 aromatic carbocycles. The van der Waals surface area contributed by atoms with Gasteiger partial charge in [0.2, 0.25) is 5.91 Å². The Bertz CT molecular complexity index is 834. The molecule has 2 unspecified atom stereocenters. The summed E-state index contributed by atoms with van der Waals surface area (Å²) in [4.78, 5) is 40.5. The van der Waals surface area contributed by atoms with E-state index in [1.165, 1.54) is 11.5 Å². The van der Waals surface area contributed by atoms with Gasteiger partial charge >= 0.3 is 5.97 Å². The molecular weight excluding hydrogens is 296 g/mol. The lowest BCUT2D eigenvalue weighted by atomic mass is 9.82. The molecule has 2 aromatic rings. The first-order valence-electron chi connectivity index (χ1n) is 7.41. The molecular formula is C17H16N2O4. The number of fused-ring (bicyclic) bond motifs is 1. The highest BCUT2D eigenvalue weighted by atomic mass is 16.4. The van der Waals surface area contributed by atoms with Crippen LogP contribution in [0, 0.1) is 11.8 Å². The van der Waals surface area contributed by atoms with Crippen molar-refractivity contribution in [3.8, 4) is 0 Å². The third-order valence-corrected chi connectivity index (χ3v) is 4.16. The topological polar surface area (TPSA) is 89.3 Å². The van der Waals surface area contributed by atoms with Crippen LogP contribution in [0.4, 0.5) is 0 Å². The molecule has 0 saturated carbocycles. The van der Waals surface area contributed by atoms with Crippen molar-refractivity contribution in [3.63, 3.8) is 0 Å². The van der Waals surface area contributed by atoms with Crippen LogP contribution in [-0.2, 0) is 4.79 Å². The van der Waals surface area contributed by atoms with Crippen molar-refractivity contribution in [2.75, 3.05) is 0 Å². The molecule has 0 fully saturated rings. The molecule has 118 valence electrons. The third kappa shape index (κ3) is 2.56. The first-order valence-corrected chi connectivity index (χ1v) is 7.41. The van der Waals surface area contributed by atoms with Crippen LogP contribution in [0.2, 0.25) is 0 Å². The van der Waals surface area contributed by atoms with Gasteiger partial charge in [-0.2, -0.15) is 0 Å². The summed E-state index contributed by atoms with van der Waals surface area (Å²) in [5, 5.41) is 9.37. The molecule has 0 spiro atoms. The van der Waals surface area contributed by atoms with Crippen LogP contribution in [0.3, 0.4) is 0 Å². The van der Waals surface area contributed by atoms with E-state index in [1.54, 1.807) is 30.3 Å². The van der Waals surface area contributed by atoms with Gasteiger partial charge in [-0.05, 0) is 25.0 Å². The Kier molecular flexibility index (Phi) is 3.82. The smallest absolute Gasteiger partial charge is 0.307 e. The molecule has 6 nitrogen and oxygen atoms in total. The molecule has 2 atom stereocenters. The number of carbonyl (C=O) groups excluding carboxylic acids is 2. The Balaban J connectivity index is 2.13. The molecule has 1 heterocycles. The molecule has 3 rings (SSSR count). The Morgan fingerprint density at radius 2 is 1.78 bits per heavy atom. The quantitative estimate of drug-likeness (QED) is 0.695. The molecule has 0 radical (unpaired) electrons. The minimum atomic E-state index is -0.999. The van der Waals surface area contributed by atoms with Crippen molar-refractivity contribution in [1.29, 1.82) is 0 Å². The normalized spacial score (nSPS) is 20.6. The first kappa shape index (κ1) is 15.1. The number of nitrogens with zero attached hydrogens (tertiary/aromatic N) is 2. The zero-order chi connectivity index (χ0) is 16.6. The highest BCUT2D eigenvalue weighted by Crippen LogP contribution is 2.29. The summed E-state index contributed by atoms with van der Waals surface area (Å²) in [5.41, 5.74) is 1.07. The summed E-state index contributed by atoms with van der Waals surface area (Å²) in [6, 6.07) is 6.97. The van der Waals surface area contributed by atoms with Gasteiger partial charge in [-0.3, -0.25) is 19.0 Å². The molecule has 1 aromatic heterocycles. The van der Waals surface area contributed by atoms with Crippen LogP contribution in [0.5, 0.6) is 0 Å². The average Bonchev–Trinajstić information content (AvgIpc) is 2.94. The number of hydrogen-bond donors (Lipinski definition) is 1. The third-order valence-electron chi connectivity index (χ3n) is 4.16. The van der Waals surface area contributed by atoms with Gasteiger partial charge in [0.15, 0.2) is 11.6 Å². The van der Waals surface area contributed by atoms with Gasteiger partial charge in [0.1, 0.15) is 0 Å². The maximum absolute atomic E-state index is 13.0. The molecule has 23 heavy (non-hydrogen) atoms. The van der Waals surface area contributed by atoms with E-state index in [0.717, 1.165) is 0 Å². The number of rotatable bonds is 3. The van der Waals surface area contributed by atoms with Crippen molar-refractivity contribution in [2.45, 2.75) is 19.8 Å². The number of carboxylic acid groups (broad SMARTS) is 1. The largest absolute Gasteiger partial charge is 0.481 e. The zero-order valence-corrected chi connectivity index (χ0v) is 12.6. The highest BCUT2D eigenvalue weighted by molar-refractivity contribution is 6.03. The molecule has 1 aliphatic rings. The van der Waals surface area contributed by atoms with Crippen LogP contribution in [-0.4, -0.2) is 32.3 Å². The molecule has 6 heteroatoms. The number of ketones is 1. The number of Topliss-reactive ketones (excluding diaryl/α,β-unsaturated/α-hetero) is 1. The maximum Gasteiger partial charge on any atom is 0.307 e. The van der Waals surface area contributed by atoms with E-state index in [4.69, 9.17) is 0 Å². The minimum Gasteiger partial charge on any atom is -0.481 e. The molecule has 1 N–H and O–H groups in total. The second-order valence-electron chi connectivity index (χ2n) is 5.65. The van der Waals surface area contributed by atoms with Gasteiger partial charge in [0, 0.05) is 6.92 Å². The van der Waals surface area contributed by atoms with Gasteiger partial charge in [-0.15, -0.1) is 0 Å². The summed E-state index contributed by atoms with van der Waals surface area (Å²) >= 11 is 0. The Morgan fingerprint density at radius 3 is 2.43 bits per heavy atom. The number of carboxylic acids is 1. The highest BCUT2D eigenvalue weighted by Gasteiger charge is 2.36. The van der Waals surface area contributed by atoms with Gasteiger partial charge in [0.25, 0.3) is 0 Å². The fourth-order valence-corrected chi connectivity index (χ4v) is 3.01. The lowest BCUT2D eigenvalue weighted by molar-refractivity contribution is -0.143. The van der Waals surface area contributed by atoms with Gasteiger partial charge < -0.3 is 5.11 Å². The van der Waals surface area contributed by atoms with Crippen molar-refractivity contribution < 1.29 is 19.5 Å². The van der Waals surface area contributed by atoms with E-state index in [2.05, 4.69) is 4.98 Å². The number of carbonyl (C=O) groups is 3. The SMILES string of the molecule is CC(=O)c1nc2ccccc2n1C(=O)C1CC=CCC1C(=O)O. The standard InChI is InChI=1S/C17H16N2O4/c1-10(20)15-18-13-8-4-5-9-14(13)19(15)16(21)11-6-2-3-7-12(11)17(22)23/h2-5,8-9,11-12H,6-7H2,1H3,(H,22,23). The molecule has 1 aliphatic carbocycles. The van der Waals surface area contributed by atoms with Crippen molar-refractivity contribution in [1.82, 2.24) is 9.55 Å². The molecule has 0 bridgehead atoms. The fraction of sp³-hybridized carbons (Fsp3) is 0.294. The van der Waals surface area contributed by atoms with E-state index in [9.17, 15) is 19.5 Å². The Labute approximate surface area is 132 Å². The van der Waals surface area contributed by atoms with E-state index in [1.807, 2.05) is 6.08 Å². The van der Waals surface area contributed by atoms with E-state index >= 15 is 0 Å². The summed E-state index contributed by atoms with van der Waals surface area (Å²) < 4.78 is 1.28. The van der Waals surface area contributed by atoms with E-state index < -0.39 is 17.8 Å². The summed E-state index contributed by atoms with van der Waals surface area (Å²) in [7, 11) is 0. The van der Waals surface area contributed by atoms with Crippen molar-refractivity contribution in [3.05, 3.63) is 42.2 Å². The Hall–Kier alpha value is -2.76. The number of imidazole rings is 1. The number of hydrogen-bond acceptors (Lipinski definition) is 4. The van der Waals surface area contributed by atoms with E-state index in [0.29, 0.717) is 23.9 Å². The second kappa shape index (κ2) is 5.79. The predicted molar refractivity (Wildman–Crippen MR) is 83.4 cm³/mol. The molecule has 0 aliphatic heterocycles. The van der Waals surface area contributed by atoms with Crippen molar-refractivity contribution in [2.24, 2.45) is 11.8 Å². The summed E-state index contributed by atoms with van der Waals surface area (Å²) in [6.45, 7) is 1.35. The Morgan fingerprint density at radius 1 is 1.13 bits per heavy atom. The number of benzene rings is 1. The van der Waals surface area contributed by atoms with Gasteiger partial charge in [0.05, 0.1) is 22.9 Å². The summed E-state index contributed by atoms with van der Waals surface area (Å²) in [6.07, 6.45) is 4.25. The lowest BCUT2D eigenvalue weighted by Gasteiger charge is -2.24. The number of aliphatic carboxylic acids is 1. The summed E-state index contributed by atoms with van der Waals surface area (Å²) in [5.74, 6) is -3.15. The fourth-order valence-electron chi connectivity index (χ4n) is 3.01. The van der Waals surface area contributed by atoms with Crippen LogP contribution >= 0.6 is 0 Å². The zero-order valence-electron chi connectivity index (χ0n) is 12.6. The minimum absolute atomic E-state index is 0.0508. The van der Waals surface area contributed by atoms with Crippen LogP contribution in [0.15, 0.2) is 36.4 Å². The number of allylic oxidation sites excluding steroid dienone is 2.